The van der Waals surface area contributed by atoms with E-state index < -0.39 is 0 Å². The summed E-state index contributed by atoms with van der Waals surface area (Å²) >= 11 is 0. The minimum Gasteiger partial charge on any atom is -0.396 e. The van der Waals surface area contributed by atoms with Gasteiger partial charge in [0.25, 0.3) is 0 Å². The average Bonchev–Trinajstić information content (AvgIpc) is 2.49. The molecular formula is C20H29NO. The van der Waals surface area contributed by atoms with Gasteiger partial charge in [-0.3, -0.25) is 4.90 Å². The predicted octanol–water partition coefficient (Wildman–Crippen LogP) is 3.89. The van der Waals surface area contributed by atoms with E-state index >= 15 is 0 Å². The largest absolute Gasteiger partial charge is 0.396 e. The summed E-state index contributed by atoms with van der Waals surface area (Å²) in [5.41, 5.74) is 4.25. The van der Waals surface area contributed by atoms with Crippen LogP contribution in [0.15, 0.2) is 29.8 Å². The molecular weight excluding hydrogens is 270 g/mol. The van der Waals surface area contributed by atoms with Gasteiger partial charge in [-0.25, -0.2) is 0 Å². The molecule has 1 heterocycles. The molecule has 1 N–H and O–H groups in total. The summed E-state index contributed by atoms with van der Waals surface area (Å²) in [5.74, 6) is 0.347. The first-order chi connectivity index (χ1) is 10.7. The second-order valence-corrected chi connectivity index (χ2v) is 7.16. The fourth-order valence-corrected chi connectivity index (χ4v) is 3.53. The third-order valence-electron chi connectivity index (χ3n) is 5.28. The molecule has 1 aromatic rings. The Bertz CT molecular complexity index is 491. The number of rotatable bonds is 5. The smallest absolute Gasteiger partial charge is 0.0459 e. The standard InChI is InChI=1S/C20H29NO/c1-16(15-22)13-17-5-7-18(8-6-17)14-19-9-11-21(12-10-19)20-3-2-4-20/h5-8,14,16,20,22H,2-4,9-13,15H2,1H3. The summed E-state index contributed by atoms with van der Waals surface area (Å²) in [6.45, 7) is 4.86. The van der Waals surface area contributed by atoms with Crippen LogP contribution in [0.25, 0.3) is 6.08 Å². The molecule has 22 heavy (non-hydrogen) atoms. The molecule has 1 saturated carbocycles. The maximum atomic E-state index is 9.14. The van der Waals surface area contributed by atoms with E-state index in [4.69, 9.17) is 5.11 Å². The fraction of sp³-hybridized carbons (Fsp3) is 0.600. The lowest BCUT2D eigenvalue weighted by Gasteiger charge is -2.40. The highest BCUT2D eigenvalue weighted by Crippen LogP contribution is 2.29. The molecule has 3 rings (SSSR count). The molecule has 0 bridgehead atoms. The van der Waals surface area contributed by atoms with Gasteiger partial charge in [0.05, 0.1) is 0 Å². The lowest BCUT2D eigenvalue weighted by Crippen LogP contribution is -2.43. The van der Waals surface area contributed by atoms with E-state index in [0.29, 0.717) is 5.92 Å². The number of aliphatic hydroxyl groups is 1. The van der Waals surface area contributed by atoms with Crippen LogP contribution in [0.2, 0.25) is 0 Å². The van der Waals surface area contributed by atoms with Gasteiger partial charge in [-0.15, -0.1) is 0 Å². The molecule has 1 aliphatic heterocycles. The van der Waals surface area contributed by atoms with Gasteiger partial charge in [0, 0.05) is 25.7 Å². The van der Waals surface area contributed by atoms with E-state index in [2.05, 4.69) is 42.2 Å². The SMILES string of the molecule is CC(CO)Cc1ccc(C=C2CCN(C3CCC3)CC2)cc1. The van der Waals surface area contributed by atoms with Gasteiger partial charge >= 0.3 is 0 Å². The number of nitrogens with zero attached hydrogens (tertiary/aromatic N) is 1. The van der Waals surface area contributed by atoms with E-state index in [0.717, 1.165) is 12.5 Å². The minimum absolute atomic E-state index is 0.267. The number of hydrogen-bond donors (Lipinski definition) is 1. The van der Waals surface area contributed by atoms with E-state index in [9.17, 15) is 0 Å². The Kier molecular flexibility index (Phi) is 5.32. The first kappa shape index (κ1) is 15.8. The number of likely N-dealkylation sites (tertiary alicyclic amines) is 1. The van der Waals surface area contributed by atoms with Crippen molar-refractivity contribution in [2.45, 2.75) is 51.5 Å². The highest BCUT2D eigenvalue weighted by atomic mass is 16.3. The van der Waals surface area contributed by atoms with E-state index in [-0.39, 0.29) is 6.61 Å². The van der Waals surface area contributed by atoms with E-state index in [1.165, 1.54) is 56.3 Å². The fourth-order valence-electron chi connectivity index (χ4n) is 3.53. The topological polar surface area (TPSA) is 23.5 Å². The lowest BCUT2D eigenvalue weighted by molar-refractivity contribution is 0.118. The molecule has 1 atom stereocenters. The van der Waals surface area contributed by atoms with Crippen LogP contribution in [0.5, 0.6) is 0 Å². The van der Waals surface area contributed by atoms with Crippen molar-refractivity contribution in [3.8, 4) is 0 Å². The Hall–Kier alpha value is -1.12. The number of piperidine rings is 1. The Morgan fingerprint density at radius 1 is 1.18 bits per heavy atom. The monoisotopic (exact) mass is 299 g/mol. The van der Waals surface area contributed by atoms with Gasteiger partial charge in [0.15, 0.2) is 0 Å². The van der Waals surface area contributed by atoms with Crippen molar-refractivity contribution in [2.75, 3.05) is 19.7 Å². The zero-order valence-electron chi connectivity index (χ0n) is 13.8. The molecule has 2 fully saturated rings. The molecule has 120 valence electrons. The zero-order chi connectivity index (χ0) is 15.4. The molecule has 1 saturated heterocycles. The van der Waals surface area contributed by atoms with Crippen molar-refractivity contribution in [1.29, 1.82) is 0 Å². The Morgan fingerprint density at radius 3 is 2.41 bits per heavy atom. The van der Waals surface area contributed by atoms with Crippen LogP contribution in [-0.2, 0) is 6.42 Å². The maximum Gasteiger partial charge on any atom is 0.0459 e. The van der Waals surface area contributed by atoms with Crippen LogP contribution in [0.4, 0.5) is 0 Å². The summed E-state index contributed by atoms with van der Waals surface area (Å²) in [4.78, 5) is 2.69. The van der Waals surface area contributed by atoms with Gasteiger partial charge in [0.2, 0.25) is 0 Å². The molecule has 1 aromatic carbocycles. The molecule has 1 unspecified atom stereocenters. The summed E-state index contributed by atoms with van der Waals surface area (Å²) in [6, 6.07) is 9.77. The Balaban J connectivity index is 1.54. The van der Waals surface area contributed by atoms with Crippen LogP contribution in [0, 0.1) is 5.92 Å². The van der Waals surface area contributed by atoms with Gasteiger partial charge in [-0.05, 0) is 49.1 Å². The third-order valence-corrected chi connectivity index (χ3v) is 5.28. The molecule has 0 spiro atoms. The molecule has 0 amide bonds. The van der Waals surface area contributed by atoms with Crippen LogP contribution in [0.3, 0.4) is 0 Å². The van der Waals surface area contributed by atoms with Gasteiger partial charge < -0.3 is 5.11 Å². The summed E-state index contributed by atoms with van der Waals surface area (Å²) in [7, 11) is 0. The van der Waals surface area contributed by atoms with Gasteiger partial charge in [-0.1, -0.05) is 49.3 Å². The quantitative estimate of drug-likeness (QED) is 0.891. The lowest BCUT2D eigenvalue weighted by atomic mass is 9.89. The average molecular weight is 299 g/mol. The highest BCUT2D eigenvalue weighted by molar-refractivity contribution is 5.53. The van der Waals surface area contributed by atoms with Crippen LogP contribution in [0.1, 0.15) is 50.2 Å². The van der Waals surface area contributed by atoms with Crippen molar-refractivity contribution in [3.63, 3.8) is 0 Å². The number of hydrogen-bond acceptors (Lipinski definition) is 2. The molecule has 1 aliphatic carbocycles. The first-order valence-electron chi connectivity index (χ1n) is 8.88. The highest BCUT2D eigenvalue weighted by Gasteiger charge is 2.26. The molecule has 0 aromatic heterocycles. The first-order valence-corrected chi connectivity index (χ1v) is 8.88. The van der Waals surface area contributed by atoms with Gasteiger partial charge in [0.1, 0.15) is 0 Å². The summed E-state index contributed by atoms with van der Waals surface area (Å²) in [5, 5.41) is 9.14. The van der Waals surface area contributed by atoms with Crippen LogP contribution >= 0.6 is 0 Å². The van der Waals surface area contributed by atoms with Crippen molar-refractivity contribution in [3.05, 3.63) is 41.0 Å². The molecule has 0 radical (unpaired) electrons. The Labute approximate surface area is 134 Å². The predicted molar refractivity (Wildman–Crippen MR) is 92.8 cm³/mol. The van der Waals surface area contributed by atoms with E-state index in [1.807, 2.05) is 0 Å². The minimum atomic E-state index is 0.267. The van der Waals surface area contributed by atoms with E-state index in [1.54, 1.807) is 5.57 Å². The molecule has 2 aliphatic rings. The second kappa shape index (κ2) is 7.43. The molecule has 2 heteroatoms. The van der Waals surface area contributed by atoms with Crippen molar-refractivity contribution >= 4 is 6.08 Å². The number of aliphatic hydroxyl groups excluding tert-OH is 1. The zero-order valence-corrected chi connectivity index (χ0v) is 13.8. The van der Waals surface area contributed by atoms with Crippen molar-refractivity contribution in [1.82, 2.24) is 4.90 Å². The van der Waals surface area contributed by atoms with Crippen molar-refractivity contribution in [2.24, 2.45) is 5.92 Å². The number of benzene rings is 1. The molecule has 2 nitrogen and oxygen atoms in total. The summed E-state index contributed by atoms with van der Waals surface area (Å²) in [6.07, 6.45) is 10.1. The summed E-state index contributed by atoms with van der Waals surface area (Å²) < 4.78 is 0. The second-order valence-electron chi connectivity index (χ2n) is 7.16. The van der Waals surface area contributed by atoms with Gasteiger partial charge in [-0.2, -0.15) is 0 Å². The normalized spacial score (nSPS) is 21.5. The van der Waals surface area contributed by atoms with Crippen LogP contribution < -0.4 is 0 Å². The Morgan fingerprint density at radius 2 is 1.86 bits per heavy atom. The third kappa shape index (κ3) is 3.99. The maximum absolute atomic E-state index is 9.14. The van der Waals surface area contributed by atoms with Crippen molar-refractivity contribution < 1.29 is 5.11 Å². The van der Waals surface area contributed by atoms with Crippen LogP contribution in [-0.4, -0.2) is 35.7 Å².